The van der Waals surface area contributed by atoms with E-state index in [0.29, 0.717) is 6.42 Å². The largest absolute Gasteiger partial charge is 0.343 e. The highest BCUT2D eigenvalue weighted by Gasteiger charge is 2.45. The molecule has 0 spiro atoms. The molecule has 0 aromatic rings. The summed E-state index contributed by atoms with van der Waals surface area (Å²) < 4.78 is 0. The molecular weight excluding hydrogens is 1080 g/mol. The molecule has 0 bridgehead atoms. The maximum Gasteiger partial charge on any atom is 0.246 e. The summed E-state index contributed by atoms with van der Waals surface area (Å²) in [7, 11) is 10.4. The zero-order valence-electron chi connectivity index (χ0n) is 56.8. The normalized spacial score (nSPS) is 27.0. The first-order valence-corrected chi connectivity index (χ1v) is 31.1. The van der Waals surface area contributed by atoms with Gasteiger partial charge in [-0.1, -0.05) is 116 Å². The molecule has 1 saturated heterocycles. The van der Waals surface area contributed by atoms with E-state index in [1.165, 1.54) is 97.5 Å². The monoisotopic (exact) mass is 1200 g/mol. The number of likely N-dealkylation sites (N-methyl/N-ethyl adjacent to an activating group) is 7. The quantitative estimate of drug-likeness (QED) is 0.170. The SMILES string of the molecule is C/C=C/C[C@@H](C)[C@@H](C)[C@H]1C(=O)N[C@@H](CC)C(=O)N(C)CC(=O)N(C)[C@@H](CC(C)C)C(=O)C[C@@H](C(C)C)C(=O)N(C)[C@@H](CC(C)C)C(=O)N[C@@H](C)C(=O)N[C@H](C)C(=O)N(C)[C@@H](CC(C)C)C(=O)N(C)[C@@H](CC(C)C)C(=O)N(C)[C@@H](C(C)C)C(=O)N1C. The third-order valence-electron chi connectivity index (χ3n) is 16.9. The molecule has 21 nitrogen and oxygen atoms in total. The highest BCUT2D eigenvalue weighted by Crippen LogP contribution is 2.29. The summed E-state index contributed by atoms with van der Waals surface area (Å²) in [5.41, 5.74) is 0. The molecule has 0 aromatic carbocycles. The number of allylic oxidation sites excluding steroid dienone is 2. The van der Waals surface area contributed by atoms with Gasteiger partial charge in [-0.2, -0.15) is 0 Å². The van der Waals surface area contributed by atoms with Gasteiger partial charge < -0.3 is 50.2 Å². The van der Waals surface area contributed by atoms with Gasteiger partial charge in [0.05, 0.1) is 12.6 Å². The third-order valence-corrected chi connectivity index (χ3v) is 16.9. The molecule has 1 rings (SSSR count). The molecule has 3 N–H and O–H groups in total. The number of Topliss-reactive ketones (excluding diaryl/α,β-unsaturated/α-hetero) is 1. The molecule has 85 heavy (non-hydrogen) atoms. The molecule has 1 aliphatic rings. The van der Waals surface area contributed by atoms with Crippen LogP contribution < -0.4 is 16.0 Å². The van der Waals surface area contributed by atoms with Crippen molar-refractivity contribution in [2.24, 2.45) is 53.3 Å². The number of ketones is 1. The molecule has 1 heterocycles. The average molecular weight is 1200 g/mol. The van der Waals surface area contributed by atoms with Crippen LogP contribution in [0.4, 0.5) is 0 Å². The second-order valence-electron chi connectivity index (χ2n) is 26.8. The van der Waals surface area contributed by atoms with Gasteiger partial charge >= 0.3 is 0 Å². The summed E-state index contributed by atoms with van der Waals surface area (Å²) in [6, 6.07) is -10.1. The number of nitrogens with one attached hydrogen (secondary N) is 3. The van der Waals surface area contributed by atoms with Crippen LogP contribution in [0.5, 0.6) is 0 Å². The first kappa shape index (κ1) is 77.1. The van der Waals surface area contributed by atoms with E-state index in [4.69, 9.17) is 0 Å². The molecule has 12 atom stereocenters. The van der Waals surface area contributed by atoms with E-state index in [2.05, 4.69) is 16.0 Å². The predicted molar refractivity (Wildman–Crippen MR) is 333 cm³/mol. The van der Waals surface area contributed by atoms with Crippen molar-refractivity contribution in [2.75, 3.05) is 55.9 Å². The molecule has 0 unspecified atom stereocenters. The van der Waals surface area contributed by atoms with E-state index < -0.39 is 144 Å². The number of rotatable bonds is 15. The van der Waals surface area contributed by atoms with Gasteiger partial charge in [-0.3, -0.25) is 52.7 Å². The van der Waals surface area contributed by atoms with Gasteiger partial charge in [0.1, 0.15) is 48.3 Å². The molecular formula is C64H114N10O11. The number of amides is 10. The van der Waals surface area contributed by atoms with Gasteiger partial charge in [0.2, 0.25) is 59.1 Å². The van der Waals surface area contributed by atoms with Crippen molar-refractivity contribution < 1.29 is 52.7 Å². The predicted octanol–water partition coefficient (Wildman–Crippen LogP) is 5.63. The van der Waals surface area contributed by atoms with Gasteiger partial charge in [-0.05, 0) is 107 Å². The standard InChI is InChI=1S/C64H114N10O11/c1-26-28-29-42(15)43(16)55-58(79)67-47(27-2)61(82)68(19)35-53(76)69(20)48(30-36(3)4)52(75)34-46(40(11)12)60(81)70(21)49(31-37(5)6)57(78)65-44(17)56(77)66-45(18)59(80)71(22)50(32-38(7)8)62(83)72(23)51(33-39(9)10)63(84)73(24)54(41(13)14)64(85)74(55)25/h26,28,36-51,54-55H,27,29-35H2,1-25H3,(H,65,78)(H,66,77)(H,67,79)/b28-26+/t42-,43-,44+,45-,46+,47+,48+,49+,50+,51+,54+,55+/m1/s1. The van der Waals surface area contributed by atoms with E-state index in [1.54, 1.807) is 34.6 Å². The molecule has 10 amide bonds. The Morgan fingerprint density at radius 1 is 0.459 bits per heavy atom. The zero-order valence-corrected chi connectivity index (χ0v) is 56.8. The maximum absolute atomic E-state index is 15.2. The fourth-order valence-electron chi connectivity index (χ4n) is 11.3. The van der Waals surface area contributed by atoms with Crippen LogP contribution in [-0.2, 0) is 52.7 Å². The Hall–Kier alpha value is -5.89. The molecule has 0 aliphatic carbocycles. The average Bonchev–Trinajstić information content (AvgIpc) is 3.62. The minimum atomic E-state index is -1.20. The first-order chi connectivity index (χ1) is 39.2. The summed E-state index contributed by atoms with van der Waals surface area (Å²) in [4.78, 5) is 170. The van der Waals surface area contributed by atoms with Crippen molar-refractivity contribution in [1.82, 2.24) is 50.2 Å². The molecule has 0 aromatic heterocycles. The van der Waals surface area contributed by atoms with E-state index in [-0.39, 0.29) is 73.9 Å². The van der Waals surface area contributed by atoms with Crippen molar-refractivity contribution in [1.29, 1.82) is 0 Å². The fourth-order valence-corrected chi connectivity index (χ4v) is 11.3. The van der Waals surface area contributed by atoms with Crippen molar-refractivity contribution in [3.8, 4) is 0 Å². The Bertz CT molecular complexity index is 2320. The van der Waals surface area contributed by atoms with Crippen molar-refractivity contribution in [2.45, 2.75) is 224 Å². The van der Waals surface area contributed by atoms with Crippen LogP contribution in [-0.4, -0.2) is 209 Å². The first-order valence-electron chi connectivity index (χ1n) is 31.1. The van der Waals surface area contributed by atoms with Gasteiger partial charge in [0.15, 0.2) is 5.78 Å². The van der Waals surface area contributed by atoms with E-state index in [1.807, 2.05) is 88.3 Å². The highest BCUT2D eigenvalue weighted by molar-refractivity contribution is 5.99. The summed E-state index contributed by atoms with van der Waals surface area (Å²) in [6.07, 6.45) is 5.10. The molecule has 0 saturated carbocycles. The summed E-state index contributed by atoms with van der Waals surface area (Å²) >= 11 is 0. The topological polar surface area (TPSA) is 247 Å². The minimum Gasteiger partial charge on any atom is -0.343 e. The number of hydrogen-bond donors (Lipinski definition) is 3. The second kappa shape index (κ2) is 35.1. The van der Waals surface area contributed by atoms with E-state index in [0.717, 1.165) is 0 Å². The number of carbonyl (C=O) groups excluding carboxylic acids is 11. The van der Waals surface area contributed by atoms with Crippen LogP contribution >= 0.6 is 0 Å². The fraction of sp³-hybridized carbons (Fsp3) is 0.797. The van der Waals surface area contributed by atoms with Crippen LogP contribution in [0.25, 0.3) is 0 Å². The smallest absolute Gasteiger partial charge is 0.246 e. The molecule has 0 radical (unpaired) electrons. The van der Waals surface area contributed by atoms with Gasteiger partial charge in [-0.25, -0.2) is 0 Å². The lowest BCUT2D eigenvalue weighted by atomic mass is 9.84. The lowest BCUT2D eigenvalue weighted by Crippen LogP contribution is -2.62. The van der Waals surface area contributed by atoms with Gasteiger partial charge in [0.25, 0.3) is 0 Å². The van der Waals surface area contributed by atoms with Crippen LogP contribution in [0.2, 0.25) is 0 Å². The Balaban J connectivity index is 4.32. The van der Waals surface area contributed by atoms with E-state index in [9.17, 15) is 43.2 Å². The summed E-state index contributed by atoms with van der Waals surface area (Å²) in [5.74, 6) is -9.12. The van der Waals surface area contributed by atoms with Crippen LogP contribution in [0.3, 0.4) is 0 Å². The molecule has 486 valence electrons. The Morgan fingerprint density at radius 3 is 1.35 bits per heavy atom. The summed E-state index contributed by atoms with van der Waals surface area (Å²) in [5, 5.41) is 8.35. The van der Waals surface area contributed by atoms with Gasteiger partial charge in [0, 0.05) is 61.7 Å². The van der Waals surface area contributed by atoms with E-state index >= 15 is 9.59 Å². The van der Waals surface area contributed by atoms with Crippen LogP contribution in [0.15, 0.2) is 12.2 Å². The van der Waals surface area contributed by atoms with Gasteiger partial charge in [-0.15, -0.1) is 0 Å². The Morgan fingerprint density at radius 2 is 0.894 bits per heavy atom. The second-order valence-corrected chi connectivity index (χ2v) is 26.8. The minimum absolute atomic E-state index is 0.0759. The molecule has 1 aliphatic heterocycles. The number of hydrogen-bond acceptors (Lipinski definition) is 11. The maximum atomic E-state index is 15.2. The van der Waals surface area contributed by atoms with Crippen molar-refractivity contribution in [3.63, 3.8) is 0 Å². The lowest BCUT2D eigenvalue weighted by Gasteiger charge is -2.42. The van der Waals surface area contributed by atoms with Crippen molar-refractivity contribution in [3.05, 3.63) is 12.2 Å². The number of nitrogens with zero attached hydrogens (tertiary/aromatic N) is 7. The number of carbonyl (C=O) groups is 11. The molecule has 21 heteroatoms. The third kappa shape index (κ3) is 21.8. The Labute approximate surface area is 511 Å². The Kier molecular flexibility index (Phi) is 31.8. The van der Waals surface area contributed by atoms with Crippen LogP contribution in [0, 0.1) is 53.3 Å². The lowest BCUT2D eigenvalue weighted by molar-refractivity contribution is -0.156. The van der Waals surface area contributed by atoms with Crippen molar-refractivity contribution >= 4 is 64.9 Å². The van der Waals surface area contributed by atoms with Crippen LogP contribution in [0.1, 0.15) is 170 Å². The highest BCUT2D eigenvalue weighted by atomic mass is 16.2. The molecule has 1 fully saturated rings. The zero-order chi connectivity index (χ0) is 66.0. The summed E-state index contributed by atoms with van der Waals surface area (Å²) in [6.45, 7) is 32.3.